The summed E-state index contributed by atoms with van der Waals surface area (Å²) >= 11 is 6.18. The van der Waals surface area contributed by atoms with Crippen molar-refractivity contribution in [3.63, 3.8) is 0 Å². The lowest BCUT2D eigenvalue weighted by molar-refractivity contribution is 0.0963. The zero-order chi connectivity index (χ0) is 18.0. The first-order chi connectivity index (χ1) is 12.0. The number of nitriles is 1. The molecule has 0 bridgehead atoms. The molecule has 1 aromatic carbocycles. The number of nitrogens with one attached hydrogen (secondary N) is 1. The van der Waals surface area contributed by atoms with E-state index >= 15 is 0 Å². The maximum absolute atomic E-state index is 12.3. The van der Waals surface area contributed by atoms with Crippen LogP contribution in [0.5, 0.6) is 0 Å². The van der Waals surface area contributed by atoms with Crippen molar-refractivity contribution in [1.82, 2.24) is 20.1 Å². The Morgan fingerprint density at radius 3 is 2.84 bits per heavy atom. The summed E-state index contributed by atoms with van der Waals surface area (Å²) in [5.41, 5.74) is 3.32. The molecule has 1 amide bonds. The number of pyridine rings is 1. The Bertz CT molecular complexity index is 1000. The predicted molar refractivity (Wildman–Crippen MR) is 94.6 cm³/mol. The highest BCUT2D eigenvalue weighted by Gasteiger charge is 2.18. The molecule has 124 valence electrons. The highest BCUT2D eigenvalue weighted by molar-refractivity contribution is 6.32. The van der Waals surface area contributed by atoms with E-state index in [0.717, 1.165) is 5.56 Å². The first-order valence-corrected chi connectivity index (χ1v) is 7.86. The number of hydrogen-bond acceptors (Lipinski definition) is 4. The summed E-state index contributed by atoms with van der Waals surface area (Å²) in [6.07, 6.45) is 3.38. The third-order valence-corrected chi connectivity index (χ3v) is 4.03. The molecule has 6 nitrogen and oxygen atoms in total. The van der Waals surface area contributed by atoms with Crippen LogP contribution in [0, 0.1) is 18.3 Å². The van der Waals surface area contributed by atoms with Crippen LogP contribution >= 0.6 is 11.6 Å². The van der Waals surface area contributed by atoms with Gasteiger partial charge in [0.25, 0.3) is 5.91 Å². The van der Waals surface area contributed by atoms with Gasteiger partial charge in [0.15, 0.2) is 0 Å². The van der Waals surface area contributed by atoms with Crippen molar-refractivity contribution in [2.75, 3.05) is 7.05 Å². The van der Waals surface area contributed by atoms with Crippen LogP contribution in [-0.2, 0) is 0 Å². The maximum atomic E-state index is 12.3. The van der Waals surface area contributed by atoms with E-state index in [0.29, 0.717) is 33.2 Å². The maximum Gasteiger partial charge on any atom is 0.253 e. The lowest BCUT2D eigenvalue weighted by atomic mass is 10.0. The van der Waals surface area contributed by atoms with Gasteiger partial charge in [0.2, 0.25) is 0 Å². The highest BCUT2D eigenvalue weighted by atomic mass is 35.5. The van der Waals surface area contributed by atoms with Gasteiger partial charge in [-0.15, -0.1) is 0 Å². The third kappa shape index (κ3) is 3.10. The second-order valence-electron chi connectivity index (χ2n) is 5.36. The number of rotatable bonds is 3. The molecule has 2 heterocycles. The lowest BCUT2D eigenvalue weighted by Gasteiger charge is -2.12. The van der Waals surface area contributed by atoms with Gasteiger partial charge in [0.1, 0.15) is 11.4 Å². The Labute approximate surface area is 149 Å². The largest absolute Gasteiger partial charge is 0.355 e. The van der Waals surface area contributed by atoms with Crippen LogP contribution in [0.15, 0.2) is 42.7 Å². The fourth-order valence-electron chi connectivity index (χ4n) is 2.60. The van der Waals surface area contributed by atoms with E-state index < -0.39 is 0 Å². The van der Waals surface area contributed by atoms with Gasteiger partial charge in [-0.2, -0.15) is 10.4 Å². The van der Waals surface area contributed by atoms with E-state index in [1.54, 1.807) is 54.5 Å². The zero-order valence-electron chi connectivity index (χ0n) is 13.6. The summed E-state index contributed by atoms with van der Waals surface area (Å²) in [7, 11) is 1.54. The summed E-state index contributed by atoms with van der Waals surface area (Å²) < 4.78 is 1.60. The van der Waals surface area contributed by atoms with Crippen LogP contribution in [0.25, 0.3) is 17.1 Å². The summed E-state index contributed by atoms with van der Waals surface area (Å²) in [5, 5.41) is 16.8. The molecule has 0 fully saturated rings. The number of hydrogen-bond donors (Lipinski definition) is 1. The number of aromatic nitrogens is 3. The number of aryl methyl sites for hydroxylation is 1. The molecule has 0 aliphatic rings. The molecule has 3 rings (SSSR count). The number of carbonyl (C=O) groups excluding carboxylic acids is 1. The van der Waals surface area contributed by atoms with Crippen molar-refractivity contribution in [2.45, 2.75) is 6.92 Å². The van der Waals surface area contributed by atoms with Crippen LogP contribution < -0.4 is 5.32 Å². The van der Waals surface area contributed by atoms with Gasteiger partial charge in [0.05, 0.1) is 27.9 Å². The molecule has 0 saturated heterocycles. The van der Waals surface area contributed by atoms with Crippen molar-refractivity contribution in [1.29, 1.82) is 5.26 Å². The first kappa shape index (κ1) is 16.7. The Morgan fingerprint density at radius 1 is 1.36 bits per heavy atom. The monoisotopic (exact) mass is 351 g/mol. The van der Waals surface area contributed by atoms with Crippen LogP contribution in [0.4, 0.5) is 0 Å². The lowest BCUT2D eigenvalue weighted by Crippen LogP contribution is -2.21. The normalized spacial score (nSPS) is 10.3. The van der Waals surface area contributed by atoms with E-state index in [1.807, 2.05) is 6.92 Å². The summed E-state index contributed by atoms with van der Waals surface area (Å²) in [4.78, 5) is 16.5. The molecule has 0 aliphatic heterocycles. The standard InChI is InChI=1S/C18H14ClN5O/c1-11-8-12(10-20)9-13(18(25)21-2)17(11)24-7-5-15(23-24)16-14(19)4-3-6-22-16/h3-9H,1-2H3,(H,21,25). The molecule has 3 aromatic rings. The molecule has 0 radical (unpaired) electrons. The van der Waals surface area contributed by atoms with Crippen molar-refractivity contribution in [3.05, 3.63) is 64.4 Å². The fraction of sp³-hybridized carbons (Fsp3) is 0.111. The molecular formula is C18H14ClN5O. The SMILES string of the molecule is CNC(=O)c1cc(C#N)cc(C)c1-n1ccc(-c2ncccc2Cl)n1. The van der Waals surface area contributed by atoms with Crippen molar-refractivity contribution in [2.24, 2.45) is 0 Å². The van der Waals surface area contributed by atoms with E-state index in [2.05, 4.69) is 21.5 Å². The summed E-state index contributed by atoms with van der Waals surface area (Å²) in [6, 6.07) is 10.6. The van der Waals surface area contributed by atoms with Crippen molar-refractivity contribution >= 4 is 17.5 Å². The quantitative estimate of drug-likeness (QED) is 0.785. The molecule has 25 heavy (non-hydrogen) atoms. The molecule has 7 heteroatoms. The van der Waals surface area contributed by atoms with E-state index in [4.69, 9.17) is 16.9 Å². The van der Waals surface area contributed by atoms with Gasteiger partial charge in [-0.3, -0.25) is 9.78 Å². The number of carbonyl (C=O) groups is 1. The predicted octanol–water partition coefficient (Wildman–Crippen LogP) is 3.13. The Kier molecular flexibility index (Phi) is 4.50. The second-order valence-corrected chi connectivity index (χ2v) is 5.77. The molecular weight excluding hydrogens is 338 g/mol. The molecule has 0 saturated carbocycles. The average Bonchev–Trinajstić information content (AvgIpc) is 3.09. The van der Waals surface area contributed by atoms with E-state index in [-0.39, 0.29) is 5.91 Å². The second kappa shape index (κ2) is 6.75. The first-order valence-electron chi connectivity index (χ1n) is 7.49. The van der Waals surface area contributed by atoms with Crippen LogP contribution in [0.1, 0.15) is 21.5 Å². The van der Waals surface area contributed by atoms with Crippen LogP contribution in [-0.4, -0.2) is 27.7 Å². The Balaban J connectivity index is 2.16. The minimum atomic E-state index is -0.289. The van der Waals surface area contributed by atoms with Crippen molar-refractivity contribution in [3.8, 4) is 23.1 Å². The molecule has 1 N–H and O–H groups in total. The summed E-state index contributed by atoms with van der Waals surface area (Å²) in [6.45, 7) is 1.83. The minimum Gasteiger partial charge on any atom is -0.355 e. The zero-order valence-corrected chi connectivity index (χ0v) is 14.4. The smallest absolute Gasteiger partial charge is 0.253 e. The van der Waals surface area contributed by atoms with E-state index in [9.17, 15) is 4.79 Å². The fourth-order valence-corrected chi connectivity index (χ4v) is 2.82. The minimum absolute atomic E-state index is 0.289. The van der Waals surface area contributed by atoms with Gasteiger partial charge in [-0.1, -0.05) is 11.6 Å². The summed E-state index contributed by atoms with van der Waals surface area (Å²) in [5.74, 6) is -0.289. The average molecular weight is 352 g/mol. The van der Waals surface area contributed by atoms with Crippen LogP contribution in [0.2, 0.25) is 5.02 Å². The molecule has 2 aromatic heterocycles. The van der Waals surface area contributed by atoms with Gasteiger partial charge in [-0.25, -0.2) is 4.68 Å². The molecule has 0 unspecified atom stereocenters. The molecule has 0 spiro atoms. The third-order valence-electron chi connectivity index (χ3n) is 3.72. The molecule has 0 aliphatic carbocycles. The highest BCUT2D eigenvalue weighted by Crippen LogP contribution is 2.26. The number of halogens is 1. The number of amides is 1. The van der Waals surface area contributed by atoms with Gasteiger partial charge in [-0.05, 0) is 42.8 Å². The van der Waals surface area contributed by atoms with Crippen LogP contribution in [0.3, 0.4) is 0 Å². The van der Waals surface area contributed by atoms with Gasteiger partial charge < -0.3 is 5.32 Å². The van der Waals surface area contributed by atoms with Gasteiger partial charge in [0, 0.05) is 19.4 Å². The van der Waals surface area contributed by atoms with Crippen molar-refractivity contribution < 1.29 is 4.79 Å². The Hall–Kier alpha value is -3.17. The molecule has 0 atom stereocenters. The number of benzene rings is 1. The topological polar surface area (TPSA) is 83.6 Å². The number of nitrogens with zero attached hydrogens (tertiary/aromatic N) is 4. The van der Waals surface area contributed by atoms with E-state index in [1.165, 1.54) is 0 Å². The Morgan fingerprint density at radius 2 is 2.16 bits per heavy atom. The van der Waals surface area contributed by atoms with Gasteiger partial charge >= 0.3 is 0 Å².